The Hall–Kier alpha value is -2.68. The lowest BCUT2D eigenvalue weighted by Gasteiger charge is -2.50. The van der Waals surface area contributed by atoms with E-state index in [1.54, 1.807) is 38.9 Å². The monoisotopic (exact) mass is 1090 g/mol. The Bertz CT molecular complexity index is 2120. The molecule has 402 valence electrons. The molecule has 0 saturated carbocycles. The number of allylic oxidation sites excluding steroid dienone is 5. The van der Waals surface area contributed by atoms with Crippen LogP contribution < -0.4 is 5.32 Å². The number of halogens is 1. The number of nitrogens with one attached hydrogen (secondary N) is 1. The maximum atomic E-state index is 12.6. The molecule has 21 heteroatoms. The number of methoxy groups -OCH3 is 2. The molecule has 1 unspecified atom stereocenters. The van der Waals surface area contributed by atoms with E-state index in [1.165, 1.54) is 26.6 Å². The normalized spacial score (nSPS) is 32.6. The van der Waals surface area contributed by atoms with Crippen molar-refractivity contribution in [2.45, 2.75) is 171 Å². The van der Waals surface area contributed by atoms with Gasteiger partial charge in [0.1, 0.15) is 30.3 Å². The summed E-state index contributed by atoms with van der Waals surface area (Å²) in [6, 6.07) is 1.43. The Kier molecular flexibility index (Phi) is 22.0. The van der Waals surface area contributed by atoms with Crippen molar-refractivity contribution in [1.82, 2.24) is 15.2 Å². The molecule has 0 bridgehead atoms. The molecule has 7 N–H and O–H groups in total. The lowest BCUT2D eigenvalue weighted by Crippen LogP contribution is -2.58. The minimum absolute atomic E-state index is 0.0219. The van der Waals surface area contributed by atoms with Crippen molar-refractivity contribution in [1.29, 1.82) is 5.26 Å². The minimum atomic E-state index is -5.14. The summed E-state index contributed by atoms with van der Waals surface area (Å²) in [4.78, 5) is 39.3. The number of aliphatic hydroxyl groups excluding tert-OH is 4. The molecule has 71 heavy (non-hydrogen) atoms. The summed E-state index contributed by atoms with van der Waals surface area (Å²) in [7, 11) is 1.19. The topological polar surface area (TPSA) is 276 Å². The van der Waals surface area contributed by atoms with E-state index < -0.39 is 103 Å². The van der Waals surface area contributed by atoms with Crippen LogP contribution in [-0.2, 0) is 37.6 Å². The maximum absolute atomic E-state index is 12.6. The molecule has 3 saturated heterocycles. The van der Waals surface area contributed by atoms with Gasteiger partial charge in [0.2, 0.25) is 0 Å². The molecule has 1 amide bonds. The molecule has 3 aliphatic heterocycles. The van der Waals surface area contributed by atoms with E-state index >= 15 is 0 Å². The average molecular weight is 1090 g/mol. The molecule has 3 fully saturated rings. The van der Waals surface area contributed by atoms with Gasteiger partial charge in [0.25, 0.3) is 5.91 Å². The van der Waals surface area contributed by atoms with Gasteiger partial charge in [-0.25, -0.2) is 9.55 Å². The highest BCUT2D eigenvalue weighted by Crippen LogP contribution is 2.59. The van der Waals surface area contributed by atoms with Gasteiger partial charge in [0, 0.05) is 62.9 Å². The van der Waals surface area contributed by atoms with Gasteiger partial charge in [0.15, 0.2) is 17.8 Å². The van der Waals surface area contributed by atoms with Gasteiger partial charge in [0.05, 0.1) is 59.7 Å². The second-order valence-electron chi connectivity index (χ2n) is 20.6. The number of ether oxygens (including phenoxy) is 5. The summed E-state index contributed by atoms with van der Waals surface area (Å²) in [5.74, 6) is -3.00. The van der Waals surface area contributed by atoms with E-state index in [0.29, 0.717) is 18.0 Å². The predicted octanol–water partition coefficient (Wildman–Crippen LogP) is 5.30. The van der Waals surface area contributed by atoms with E-state index in [-0.39, 0.29) is 49.1 Å². The highest BCUT2D eigenvalue weighted by molar-refractivity contribution is 9.09. The van der Waals surface area contributed by atoms with E-state index in [9.17, 15) is 39.6 Å². The quantitative estimate of drug-likeness (QED) is 0.0299. The number of alkyl halides is 1. The predicted molar refractivity (Wildman–Crippen MR) is 269 cm³/mol. The zero-order valence-corrected chi connectivity index (χ0v) is 45.9. The number of aromatic nitrogens is 1. The second-order valence-corrected chi connectivity index (χ2v) is 22.8. The molecule has 0 radical (unpaired) electrons. The van der Waals surface area contributed by atoms with Crippen LogP contribution in [0.15, 0.2) is 52.2 Å². The van der Waals surface area contributed by atoms with Gasteiger partial charge in [-0.2, -0.15) is 5.26 Å². The summed E-state index contributed by atoms with van der Waals surface area (Å²) in [5.41, 5.74) is 0.249. The number of amides is 1. The van der Waals surface area contributed by atoms with Crippen LogP contribution in [0.3, 0.4) is 0 Å². The van der Waals surface area contributed by atoms with Crippen molar-refractivity contribution in [2.75, 3.05) is 41.5 Å². The number of aliphatic hydroxyl groups is 4. The molecule has 0 aromatic carbocycles. The number of nitriles is 1. The van der Waals surface area contributed by atoms with E-state index in [0.717, 1.165) is 11.1 Å². The van der Waals surface area contributed by atoms with Crippen molar-refractivity contribution < 1.29 is 72.2 Å². The summed E-state index contributed by atoms with van der Waals surface area (Å²) in [6.45, 7) is 17.2. The summed E-state index contributed by atoms with van der Waals surface area (Å²) in [5, 5.41) is 56.2. The van der Waals surface area contributed by atoms with Crippen LogP contribution in [0.5, 0.6) is 0 Å². The molecular weight excluding hydrogens is 1010 g/mol. The van der Waals surface area contributed by atoms with E-state index in [1.807, 2.05) is 71.9 Å². The fourth-order valence-electron chi connectivity index (χ4n) is 9.91. The van der Waals surface area contributed by atoms with Gasteiger partial charge in [-0.05, 0) is 70.8 Å². The van der Waals surface area contributed by atoms with Gasteiger partial charge < -0.3 is 68.5 Å². The third-order valence-corrected chi connectivity index (χ3v) is 17.2. The summed E-state index contributed by atoms with van der Waals surface area (Å²) < 4.78 is 55.4. The molecule has 4 rings (SSSR count). The lowest BCUT2D eigenvalue weighted by molar-refractivity contribution is -0.334. The fourth-order valence-corrected chi connectivity index (χ4v) is 11.4. The zero-order chi connectivity index (χ0) is 53.4. The average Bonchev–Trinajstić information content (AvgIpc) is 3.93. The maximum Gasteiger partial charge on any atom is 0.469 e. The summed E-state index contributed by atoms with van der Waals surface area (Å²) in [6.07, 6.45) is 3.33. The Morgan fingerprint density at radius 3 is 2.38 bits per heavy atom. The number of carbonyl (C=O) groups is 1. The first-order valence-corrected chi connectivity index (χ1v) is 26.7. The highest BCUT2D eigenvalue weighted by atomic mass is 79.9. The number of nitrogens with zero attached hydrogens (tertiary/aromatic N) is 3. The molecule has 1 aromatic rings. The van der Waals surface area contributed by atoms with Crippen LogP contribution >= 0.6 is 23.8 Å². The van der Waals surface area contributed by atoms with Crippen LogP contribution in [0.4, 0.5) is 0 Å². The third-order valence-electron chi connectivity index (χ3n) is 15.0. The van der Waals surface area contributed by atoms with Gasteiger partial charge >= 0.3 is 7.82 Å². The number of likely N-dealkylation sites (N-methyl/N-ethyl adjacent to an activating group) is 1. The molecule has 3 aliphatic rings. The first-order chi connectivity index (χ1) is 33.1. The smallest absolute Gasteiger partial charge is 0.448 e. The van der Waals surface area contributed by atoms with Crippen LogP contribution in [0.1, 0.15) is 105 Å². The Labute approximate surface area is 428 Å². The van der Waals surface area contributed by atoms with Crippen molar-refractivity contribution in [3.8, 4) is 6.07 Å². The number of rotatable bonds is 24. The number of phosphoric acid groups is 1. The van der Waals surface area contributed by atoms with E-state index in [4.69, 9.17) is 37.9 Å². The molecular formula is C50H80BrN4O15P. The zero-order valence-electron chi connectivity index (χ0n) is 43.5. The Balaban J connectivity index is 1.46. The van der Waals surface area contributed by atoms with Gasteiger partial charge in [-0.3, -0.25) is 9.32 Å². The highest BCUT2D eigenvalue weighted by Gasteiger charge is 2.68. The molecule has 17 atom stereocenters. The molecule has 19 nitrogen and oxygen atoms in total. The van der Waals surface area contributed by atoms with Crippen molar-refractivity contribution >= 4 is 35.7 Å². The SMILES string of the molecule is COC[C@@H]([C@H](O)[C@H](O)C(=O)NCC[C@H](C)c1nc(/C=C/C[C@@H]2OC3(C[C@@H](O)[C@@H]2C)O[C@H]([C@H](C[C@H](O)[C@H](C)[C@@H]2O[C@@](C)(/C(C)=C/C=C/C(C)=C\C#N)[C@H](Br)[C@H]2C)OC)[C@H](OP(=O)(O)O)C3(C)C)co1)N(C)C. The number of oxazole rings is 1. The largest absolute Gasteiger partial charge is 0.469 e. The number of carbonyl (C=O) groups excluding carboxylic acids is 1. The van der Waals surface area contributed by atoms with Crippen molar-refractivity contribution in [3.05, 3.63) is 59.4 Å². The molecule has 1 spiro atoms. The fraction of sp³-hybridized carbons (Fsp3) is 0.740. The standard InChI is InChI=1S/C50H80BrN4O15P/c1-28(20-22-52)16-14-17-30(3)49(9)44(51)33(6)42(68-49)32(5)36(56)24-39(65-13)43-45(70-71(61,62)63)48(7,8)50(69-43)25-37(57)31(4)38(67-50)19-15-18-34-26-66-47(54-34)29(2)21-23-53-46(60)41(59)40(58)35(27-64-12)55(10)11/h14-18,20,26,29,31-33,35-45,56-59H,19,21,23-25,27H2,1-13H3,(H,53,60)(H2,61,62,63)/b16-14+,18-15+,28-20-,30-17+/t29-,31-,32-,33-,35-,36-,37+,38-,39-,40-,41-,42-,43+,44+,45-,49-,50?/m0/s1. The van der Waals surface area contributed by atoms with Crippen LogP contribution in [-0.4, -0.2) is 165 Å². The van der Waals surface area contributed by atoms with Crippen molar-refractivity contribution in [3.63, 3.8) is 0 Å². The van der Waals surface area contributed by atoms with Crippen LogP contribution in [0.25, 0.3) is 6.08 Å². The number of hydrogen-bond acceptors (Lipinski definition) is 16. The first kappa shape index (κ1) is 60.9. The van der Waals surface area contributed by atoms with Crippen LogP contribution in [0.2, 0.25) is 0 Å². The minimum Gasteiger partial charge on any atom is -0.448 e. The summed E-state index contributed by atoms with van der Waals surface area (Å²) >= 11 is 3.88. The number of hydrogen-bond donors (Lipinski definition) is 7. The number of phosphoric ester groups is 1. The van der Waals surface area contributed by atoms with Crippen molar-refractivity contribution in [2.24, 2.45) is 23.2 Å². The van der Waals surface area contributed by atoms with Gasteiger partial charge in [-0.1, -0.05) is 81.8 Å². The third kappa shape index (κ3) is 14.6. The Morgan fingerprint density at radius 1 is 1.10 bits per heavy atom. The van der Waals surface area contributed by atoms with Crippen LogP contribution in [0, 0.1) is 34.5 Å². The second kappa shape index (κ2) is 25.7. The van der Waals surface area contributed by atoms with Gasteiger partial charge in [-0.15, -0.1) is 0 Å². The van der Waals surface area contributed by atoms with E-state index in [2.05, 4.69) is 33.2 Å². The lowest BCUT2D eigenvalue weighted by atomic mass is 9.72. The first-order valence-electron chi connectivity index (χ1n) is 24.2. The molecule has 4 heterocycles. The molecule has 1 aromatic heterocycles. The Morgan fingerprint density at radius 2 is 1.77 bits per heavy atom. The molecule has 0 aliphatic carbocycles.